The van der Waals surface area contributed by atoms with Crippen LogP contribution in [0.15, 0.2) is 0 Å². The zero-order chi connectivity index (χ0) is 22.7. The second-order valence-corrected chi connectivity index (χ2v) is 12.2. The highest BCUT2D eigenvalue weighted by molar-refractivity contribution is 14.1. The Hall–Kier alpha value is 0.490. The van der Waals surface area contributed by atoms with Gasteiger partial charge in [0.15, 0.2) is 11.6 Å². The maximum Gasteiger partial charge on any atom is 0.168 e. The van der Waals surface area contributed by atoms with Gasteiger partial charge >= 0.3 is 0 Å². The van der Waals surface area contributed by atoms with Crippen LogP contribution in [0.3, 0.4) is 0 Å². The van der Waals surface area contributed by atoms with E-state index in [0.717, 1.165) is 75.5 Å². The molecule has 2 spiro atoms. The van der Waals surface area contributed by atoms with Gasteiger partial charge in [-0.05, 0) is 51.4 Å². The van der Waals surface area contributed by atoms with Crippen molar-refractivity contribution in [1.82, 2.24) is 0 Å². The molecule has 0 radical (unpaired) electrons. The van der Waals surface area contributed by atoms with Crippen molar-refractivity contribution in [3.05, 3.63) is 0 Å². The molecule has 4 fully saturated rings. The first-order chi connectivity index (χ1) is 14.8. The van der Waals surface area contributed by atoms with Crippen LogP contribution in [0.25, 0.3) is 0 Å². The minimum atomic E-state index is -0.258. The van der Waals surface area contributed by atoms with Gasteiger partial charge in [-0.15, -0.1) is 0 Å². The second-order valence-electron chi connectivity index (χ2n) is 9.68. The van der Waals surface area contributed by atoms with Crippen molar-refractivity contribution in [2.24, 2.45) is 11.8 Å². The van der Waals surface area contributed by atoms with E-state index >= 15 is 0 Å². The summed E-state index contributed by atoms with van der Waals surface area (Å²) >= 11 is 2.34. The maximum absolute atomic E-state index is 8.94. The van der Waals surface area contributed by atoms with Crippen LogP contribution in [0.2, 0.25) is 0 Å². The standard InChI is InChI=1S/C12H22O3.C9H16O3.C3H7I/c1-10(2)13-9-11-3-5-12(6-4-11)14-7-8-15-12;10-7-8-1-3-9(4-2-8)11-5-6-12-9;1-3(2)4/h10-11H,3-9H2,1-2H3;8,10H,1-7H2;3H,1-2H3. The third-order valence-corrected chi connectivity index (χ3v) is 6.28. The minimum Gasteiger partial charge on any atom is -0.396 e. The van der Waals surface area contributed by atoms with Crippen LogP contribution in [-0.4, -0.2) is 66.4 Å². The topological polar surface area (TPSA) is 66.4 Å². The number of ether oxygens (including phenoxy) is 5. The maximum atomic E-state index is 8.94. The molecule has 2 aliphatic heterocycles. The molecule has 4 rings (SSSR count). The number of hydrogen-bond acceptors (Lipinski definition) is 6. The summed E-state index contributed by atoms with van der Waals surface area (Å²) in [6.45, 7) is 12.7. The fraction of sp³-hybridized carbons (Fsp3) is 1.00. The third kappa shape index (κ3) is 10.1. The normalized spacial score (nSPS) is 27.3. The molecule has 2 aliphatic carbocycles. The Bertz CT molecular complexity index is 452. The first kappa shape index (κ1) is 27.7. The zero-order valence-electron chi connectivity index (χ0n) is 20.1. The Kier molecular flexibility index (Phi) is 12.5. The summed E-state index contributed by atoms with van der Waals surface area (Å²) in [5, 5.41) is 8.94. The fourth-order valence-corrected chi connectivity index (χ4v) is 4.48. The summed E-state index contributed by atoms with van der Waals surface area (Å²) in [5.41, 5.74) is 0. The van der Waals surface area contributed by atoms with Crippen molar-refractivity contribution in [2.75, 3.05) is 39.6 Å². The van der Waals surface area contributed by atoms with Crippen molar-refractivity contribution in [1.29, 1.82) is 0 Å². The number of halogens is 1. The molecule has 0 bridgehead atoms. The quantitative estimate of drug-likeness (QED) is 0.385. The Morgan fingerprint density at radius 2 is 1.13 bits per heavy atom. The van der Waals surface area contributed by atoms with Crippen molar-refractivity contribution in [3.8, 4) is 0 Å². The molecular weight excluding hydrogens is 511 g/mol. The van der Waals surface area contributed by atoms with Crippen LogP contribution in [0.5, 0.6) is 0 Å². The minimum absolute atomic E-state index is 0.214. The summed E-state index contributed by atoms with van der Waals surface area (Å²) in [7, 11) is 0. The molecule has 0 aromatic rings. The van der Waals surface area contributed by atoms with E-state index in [2.05, 4.69) is 50.3 Å². The summed E-state index contributed by atoms with van der Waals surface area (Å²) in [6, 6.07) is 0. The highest BCUT2D eigenvalue weighted by atomic mass is 127. The van der Waals surface area contributed by atoms with Gasteiger partial charge in [0, 0.05) is 42.8 Å². The van der Waals surface area contributed by atoms with E-state index in [4.69, 9.17) is 28.8 Å². The van der Waals surface area contributed by atoms with Crippen molar-refractivity contribution < 1.29 is 28.8 Å². The largest absolute Gasteiger partial charge is 0.396 e. The smallest absolute Gasteiger partial charge is 0.168 e. The molecule has 6 nitrogen and oxygen atoms in total. The predicted octanol–water partition coefficient (Wildman–Crippen LogP) is 5.09. The highest BCUT2D eigenvalue weighted by Gasteiger charge is 2.41. The van der Waals surface area contributed by atoms with Gasteiger partial charge in [-0.3, -0.25) is 0 Å². The molecule has 4 aliphatic rings. The van der Waals surface area contributed by atoms with Crippen LogP contribution < -0.4 is 0 Å². The van der Waals surface area contributed by atoms with E-state index in [1.807, 2.05) is 0 Å². The van der Waals surface area contributed by atoms with Gasteiger partial charge in [0.2, 0.25) is 0 Å². The van der Waals surface area contributed by atoms with Crippen LogP contribution in [-0.2, 0) is 23.7 Å². The van der Waals surface area contributed by atoms with Crippen molar-refractivity contribution >= 4 is 22.6 Å². The number of aliphatic hydroxyl groups excluding tert-OH is 1. The van der Waals surface area contributed by atoms with Gasteiger partial charge in [0.05, 0.1) is 32.5 Å². The fourth-order valence-electron chi connectivity index (χ4n) is 4.48. The van der Waals surface area contributed by atoms with Gasteiger partial charge in [0.1, 0.15) is 0 Å². The Morgan fingerprint density at radius 3 is 1.45 bits per heavy atom. The summed E-state index contributed by atoms with van der Waals surface area (Å²) < 4.78 is 29.0. The van der Waals surface area contributed by atoms with E-state index < -0.39 is 0 Å². The molecule has 2 saturated heterocycles. The average molecular weight is 557 g/mol. The third-order valence-electron chi connectivity index (χ3n) is 6.28. The lowest BCUT2D eigenvalue weighted by atomic mass is 9.85. The van der Waals surface area contributed by atoms with Crippen LogP contribution in [0.1, 0.15) is 79.1 Å². The van der Waals surface area contributed by atoms with E-state index in [-0.39, 0.29) is 11.6 Å². The SMILES string of the molecule is CC(C)I.CC(C)OCC1CCC2(CC1)OCCO2.OCC1CCC2(CC1)OCCO2. The van der Waals surface area contributed by atoms with Crippen molar-refractivity contribution in [3.63, 3.8) is 0 Å². The van der Waals surface area contributed by atoms with E-state index in [1.165, 1.54) is 12.8 Å². The second kappa shape index (κ2) is 14.0. The lowest BCUT2D eigenvalue weighted by molar-refractivity contribution is -0.185. The monoisotopic (exact) mass is 556 g/mol. The predicted molar refractivity (Wildman–Crippen MR) is 131 cm³/mol. The molecule has 0 aromatic carbocycles. The van der Waals surface area contributed by atoms with Gasteiger partial charge < -0.3 is 28.8 Å². The molecular formula is C24H45IO6. The number of hydrogen-bond donors (Lipinski definition) is 1. The van der Waals surface area contributed by atoms with Gasteiger partial charge in [-0.25, -0.2) is 0 Å². The lowest BCUT2D eigenvalue weighted by Crippen LogP contribution is -2.36. The van der Waals surface area contributed by atoms with E-state index in [9.17, 15) is 0 Å². The van der Waals surface area contributed by atoms with Crippen molar-refractivity contribution in [2.45, 2.75) is 101 Å². The molecule has 184 valence electrons. The first-order valence-electron chi connectivity index (χ1n) is 12.2. The van der Waals surface area contributed by atoms with Gasteiger partial charge in [0.25, 0.3) is 0 Å². The summed E-state index contributed by atoms with van der Waals surface area (Å²) in [4.78, 5) is 0. The average Bonchev–Trinajstić information content (AvgIpc) is 3.39. The number of aliphatic hydroxyl groups is 1. The molecule has 0 amide bonds. The highest BCUT2D eigenvalue weighted by Crippen LogP contribution is 2.39. The zero-order valence-corrected chi connectivity index (χ0v) is 22.2. The summed E-state index contributed by atoms with van der Waals surface area (Å²) in [5.74, 6) is 0.703. The Labute approximate surface area is 203 Å². The molecule has 0 aromatic heterocycles. The van der Waals surface area contributed by atoms with Gasteiger partial charge in [-0.1, -0.05) is 36.4 Å². The molecule has 2 heterocycles. The molecule has 0 unspecified atom stereocenters. The van der Waals surface area contributed by atoms with Crippen LogP contribution in [0, 0.1) is 11.8 Å². The lowest BCUT2D eigenvalue weighted by Gasteiger charge is -2.35. The molecule has 1 N–H and O–H groups in total. The van der Waals surface area contributed by atoms with Crippen LogP contribution >= 0.6 is 22.6 Å². The molecule has 7 heteroatoms. The molecule has 2 saturated carbocycles. The van der Waals surface area contributed by atoms with Gasteiger partial charge in [-0.2, -0.15) is 0 Å². The van der Waals surface area contributed by atoms with E-state index in [0.29, 0.717) is 24.5 Å². The Morgan fingerprint density at radius 1 is 0.774 bits per heavy atom. The summed E-state index contributed by atoms with van der Waals surface area (Å²) in [6.07, 6.45) is 8.76. The number of alkyl halides is 1. The van der Waals surface area contributed by atoms with Crippen LogP contribution in [0.4, 0.5) is 0 Å². The number of rotatable bonds is 4. The molecule has 0 atom stereocenters. The first-order valence-corrected chi connectivity index (χ1v) is 13.4. The molecule has 31 heavy (non-hydrogen) atoms. The van der Waals surface area contributed by atoms with E-state index in [1.54, 1.807) is 0 Å². The Balaban J connectivity index is 0.000000192.